The molecule has 7 nitrogen and oxygen atoms in total. The van der Waals surface area contributed by atoms with Gasteiger partial charge < -0.3 is 10.2 Å². The number of carbonyl (C=O) groups is 1. The molecule has 7 heteroatoms. The minimum Gasteiger partial charge on any atom is -0.366 e. The molecule has 1 aliphatic heterocycles. The lowest BCUT2D eigenvalue weighted by atomic mass is 10.1. The van der Waals surface area contributed by atoms with E-state index < -0.39 is 10.8 Å². The standard InChI is InChI=1S/C22H20N4O3/c27-22(24-21-11-9-18(15-23-21)16-6-2-1-3-7-16)17-8-10-19(20(14-17)26(28)29)25-12-4-5-13-25/h1-3,6-11,14-15H,4-5,12-13H2,(H,23,24,27). The molecule has 2 heterocycles. The zero-order valence-corrected chi connectivity index (χ0v) is 15.7. The van der Waals surface area contributed by atoms with E-state index in [2.05, 4.69) is 10.3 Å². The van der Waals surface area contributed by atoms with Crippen LogP contribution in [0.2, 0.25) is 0 Å². The Balaban J connectivity index is 1.52. The molecule has 146 valence electrons. The number of amides is 1. The maximum Gasteiger partial charge on any atom is 0.293 e. The van der Waals surface area contributed by atoms with Crippen molar-refractivity contribution in [1.29, 1.82) is 0 Å². The van der Waals surface area contributed by atoms with Crippen LogP contribution in [0.4, 0.5) is 17.2 Å². The Kier molecular flexibility index (Phi) is 5.20. The second-order valence-electron chi connectivity index (χ2n) is 6.91. The van der Waals surface area contributed by atoms with Crippen molar-refractivity contribution < 1.29 is 9.72 Å². The number of nitro benzene ring substituents is 1. The van der Waals surface area contributed by atoms with Crippen LogP contribution in [-0.2, 0) is 0 Å². The highest BCUT2D eigenvalue weighted by Crippen LogP contribution is 2.32. The lowest BCUT2D eigenvalue weighted by Crippen LogP contribution is -2.20. The van der Waals surface area contributed by atoms with Gasteiger partial charge in [0.05, 0.1) is 4.92 Å². The predicted molar refractivity (Wildman–Crippen MR) is 112 cm³/mol. The molecular formula is C22H20N4O3. The quantitative estimate of drug-likeness (QED) is 0.513. The zero-order chi connectivity index (χ0) is 20.2. The maximum absolute atomic E-state index is 12.6. The summed E-state index contributed by atoms with van der Waals surface area (Å²) < 4.78 is 0. The summed E-state index contributed by atoms with van der Waals surface area (Å²) in [5.41, 5.74) is 2.72. The van der Waals surface area contributed by atoms with Gasteiger partial charge >= 0.3 is 0 Å². The van der Waals surface area contributed by atoms with Gasteiger partial charge in [0.1, 0.15) is 11.5 Å². The van der Waals surface area contributed by atoms with Crippen molar-refractivity contribution >= 4 is 23.1 Å². The molecule has 1 fully saturated rings. The molecule has 1 amide bonds. The van der Waals surface area contributed by atoms with Gasteiger partial charge in [-0.15, -0.1) is 0 Å². The molecule has 2 aromatic carbocycles. The number of benzene rings is 2. The van der Waals surface area contributed by atoms with E-state index in [-0.39, 0.29) is 11.3 Å². The SMILES string of the molecule is O=C(Nc1ccc(-c2ccccc2)cn1)c1ccc(N2CCCC2)c([N+](=O)[O-])c1. The Labute approximate surface area is 168 Å². The number of nitrogens with one attached hydrogen (secondary N) is 1. The van der Waals surface area contributed by atoms with E-state index in [1.807, 2.05) is 41.3 Å². The summed E-state index contributed by atoms with van der Waals surface area (Å²) >= 11 is 0. The summed E-state index contributed by atoms with van der Waals surface area (Å²) in [4.78, 5) is 29.9. The molecule has 0 bridgehead atoms. The van der Waals surface area contributed by atoms with Gasteiger partial charge in [-0.05, 0) is 42.7 Å². The first-order chi connectivity index (χ1) is 14.1. The van der Waals surface area contributed by atoms with E-state index >= 15 is 0 Å². The van der Waals surface area contributed by atoms with Crippen LogP contribution in [0, 0.1) is 10.1 Å². The van der Waals surface area contributed by atoms with Gasteiger partial charge in [-0.2, -0.15) is 0 Å². The fourth-order valence-electron chi connectivity index (χ4n) is 3.49. The number of hydrogen-bond acceptors (Lipinski definition) is 5. The fraction of sp³-hybridized carbons (Fsp3) is 0.182. The third-order valence-electron chi connectivity index (χ3n) is 4.99. The molecule has 29 heavy (non-hydrogen) atoms. The number of aromatic nitrogens is 1. The largest absolute Gasteiger partial charge is 0.366 e. The van der Waals surface area contributed by atoms with Gasteiger partial charge in [-0.25, -0.2) is 4.98 Å². The molecular weight excluding hydrogens is 368 g/mol. The van der Waals surface area contributed by atoms with Gasteiger partial charge in [0.15, 0.2) is 0 Å². The molecule has 0 atom stereocenters. The molecule has 1 aliphatic rings. The Morgan fingerprint density at radius 2 is 1.76 bits per heavy atom. The highest BCUT2D eigenvalue weighted by atomic mass is 16.6. The zero-order valence-electron chi connectivity index (χ0n) is 15.7. The Morgan fingerprint density at radius 3 is 2.41 bits per heavy atom. The summed E-state index contributed by atoms with van der Waals surface area (Å²) in [5.74, 6) is -0.0398. The Morgan fingerprint density at radius 1 is 1.00 bits per heavy atom. The summed E-state index contributed by atoms with van der Waals surface area (Å²) in [5, 5.41) is 14.2. The van der Waals surface area contributed by atoms with Crippen LogP contribution >= 0.6 is 0 Å². The van der Waals surface area contributed by atoms with E-state index in [0.717, 1.165) is 37.1 Å². The van der Waals surface area contributed by atoms with Crippen molar-refractivity contribution in [3.8, 4) is 11.1 Å². The number of carbonyl (C=O) groups excluding carboxylic acids is 1. The molecule has 0 unspecified atom stereocenters. The van der Waals surface area contributed by atoms with Crippen molar-refractivity contribution in [2.45, 2.75) is 12.8 Å². The molecule has 1 N–H and O–H groups in total. The monoisotopic (exact) mass is 388 g/mol. The van der Waals surface area contributed by atoms with Crippen LogP contribution in [0.3, 0.4) is 0 Å². The summed E-state index contributed by atoms with van der Waals surface area (Å²) in [6, 6.07) is 18.0. The first-order valence-corrected chi connectivity index (χ1v) is 9.48. The van der Waals surface area contributed by atoms with E-state index in [1.54, 1.807) is 24.4 Å². The molecule has 0 spiro atoms. The fourth-order valence-corrected chi connectivity index (χ4v) is 3.49. The minimum atomic E-state index is -0.433. The molecule has 4 rings (SSSR count). The number of nitro groups is 1. The van der Waals surface area contributed by atoms with Crippen LogP contribution in [0.15, 0.2) is 66.9 Å². The van der Waals surface area contributed by atoms with E-state index in [1.165, 1.54) is 6.07 Å². The average molecular weight is 388 g/mol. The van der Waals surface area contributed by atoms with Gasteiger partial charge in [0.2, 0.25) is 0 Å². The van der Waals surface area contributed by atoms with Gasteiger partial charge in [0.25, 0.3) is 11.6 Å². The highest BCUT2D eigenvalue weighted by Gasteiger charge is 2.24. The molecule has 1 saturated heterocycles. The average Bonchev–Trinajstić information content (AvgIpc) is 3.29. The number of anilines is 2. The first kappa shape index (κ1) is 18.6. The Bertz CT molecular complexity index is 1030. The Hall–Kier alpha value is -3.74. The van der Waals surface area contributed by atoms with Crippen LogP contribution in [0.25, 0.3) is 11.1 Å². The first-order valence-electron chi connectivity index (χ1n) is 9.48. The van der Waals surface area contributed by atoms with Gasteiger partial charge in [-0.1, -0.05) is 30.3 Å². The van der Waals surface area contributed by atoms with Gasteiger partial charge in [0, 0.05) is 36.5 Å². The summed E-state index contributed by atoms with van der Waals surface area (Å²) in [6.07, 6.45) is 3.72. The van der Waals surface area contributed by atoms with Crippen LogP contribution in [-0.4, -0.2) is 28.9 Å². The molecule has 1 aromatic heterocycles. The highest BCUT2D eigenvalue weighted by molar-refractivity contribution is 6.04. The van der Waals surface area contributed by atoms with Crippen LogP contribution in [0.1, 0.15) is 23.2 Å². The van der Waals surface area contributed by atoms with Crippen molar-refractivity contribution in [2.24, 2.45) is 0 Å². The van der Waals surface area contributed by atoms with E-state index in [9.17, 15) is 14.9 Å². The van der Waals surface area contributed by atoms with Crippen molar-refractivity contribution in [1.82, 2.24) is 4.98 Å². The van der Waals surface area contributed by atoms with Crippen molar-refractivity contribution in [2.75, 3.05) is 23.3 Å². The number of nitrogens with zero attached hydrogens (tertiary/aromatic N) is 3. The predicted octanol–water partition coefficient (Wildman–Crippen LogP) is 4.51. The topological polar surface area (TPSA) is 88.4 Å². The number of hydrogen-bond donors (Lipinski definition) is 1. The minimum absolute atomic E-state index is 0.0491. The smallest absolute Gasteiger partial charge is 0.293 e. The molecule has 0 saturated carbocycles. The normalized spacial score (nSPS) is 13.3. The second kappa shape index (κ2) is 8.10. The second-order valence-corrected chi connectivity index (χ2v) is 6.91. The maximum atomic E-state index is 12.6. The van der Waals surface area contributed by atoms with Crippen LogP contribution < -0.4 is 10.2 Å². The van der Waals surface area contributed by atoms with Crippen LogP contribution in [0.5, 0.6) is 0 Å². The third kappa shape index (κ3) is 4.08. The third-order valence-corrected chi connectivity index (χ3v) is 4.99. The van der Waals surface area contributed by atoms with E-state index in [4.69, 9.17) is 0 Å². The molecule has 0 aliphatic carbocycles. The van der Waals surface area contributed by atoms with Crippen molar-refractivity contribution in [3.63, 3.8) is 0 Å². The number of pyridine rings is 1. The van der Waals surface area contributed by atoms with Gasteiger partial charge in [-0.3, -0.25) is 14.9 Å². The number of rotatable bonds is 5. The van der Waals surface area contributed by atoms with E-state index in [0.29, 0.717) is 11.5 Å². The summed E-state index contributed by atoms with van der Waals surface area (Å²) in [6.45, 7) is 1.59. The molecule has 3 aromatic rings. The lowest BCUT2D eigenvalue weighted by molar-refractivity contribution is -0.384. The summed E-state index contributed by atoms with van der Waals surface area (Å²) in [7, 11) is 0. The molecule has 0 radical (unpaired) electrons. The van der Waals surface area contributed by atoms with Crippen molar-refractivity contribution in [3.05, 3.63) is 82.5 Å². The lowest BCUT2D eigenvalue weighted by Gasteiger charge is -2.17.